The molecule has 0 unspecified atom stereocenters. The lowest BCUT2D eigenvalue weighted by atomic mass is 10.3. The Morgan fingerprint density at radius 3 is 2.67 bits per heavy atom. The Hall–Kier alpha value is -1.31. The van der Waals surface area contributed by atoms with Crippen LogP contribution in [0.2, 0.25) is 0 Å². The Morgan fingerprint density at radius 1 is 1.44 bits per heavy atom. The first kappa shape index (κ1) is 14.7. The number of carboxylic acid groups (broad SMARTS) is 1. The van der Waals surface area contributed by atoms with E-state index in [2.05, 4.69) is 26.2 Å². The second kappa shape index (κ2) is 6.03. The van der Waals surface area contributed by atoms with Crippen molar-refractivity contribution in [1.29, 1.82) is 0 Å². The number of carboxylic acids is 1. The number of anilines is 1. The molecule has 0 fully saturated rings. The predicted octanol–water partition coefficient (Wildman–Crippen LogP) is 3.14. The minimum atomic E-state index is -4.53. The average Bonchev–Trinajstić information content (AvgIpc) is 2.24. The van der Waals surface area contributed by atoms with Crippen LogP contribution in [-0.2, 0) is 11.0 Å². The van der Waals surface area contributed by atoms with Crippen LogP contribution in [0.1, 0.15) is 18.5 Å². The van der Waals surface area contributed by atoms with Gasteiger partial charge in [-0.1, -0.05) is 0 Å². The average molecular weight is 327 g/mol. The zero-order valence-corrected chi connectivity index (χ0v) is 10.7. The number of aromatic nitrogens is 1. The third kappa shape index (κ3) is 4.52. The fraction of sp³-hybridized carbons (Fsp3) is 0.400. The van der Waals surface area contributed by atoms with Crippen LogP contribution in [0.5, 0.6) is 0 Å². The number of rotatable bonds is 5. The Labute approximate surface area is 109 Å². The minimum absolute atomic E-state index is 0.0460. The lowest BCUT2D eigenvalue weighted by molar-refractivity contribution is -0.141. The summed E-state index contributed by atoms with van der Waals surface area (Å²) in [7, 11) is 0. The SMILES string of the molecule is O=C(O)CCCNc1ccc(Br)c(C(F)(F)F)n1. The predicted molar refractivity (Wildman–Crippen MR) is 62.3 cm³/mol. The van der Waals surface area contributed by atoms with E-state index in [1.807, 2.05) is 0 Å². The summed E-state index contributed by atoms with van der Waals surface area (Å²) in [6.45, 7) is 0.248. The van der Waals surface area contributed by atoms with Crippen LogP contribution in [0.25, 0.3) is 0 Å². The fourth-order valence-electron chi connectivity index (χ4n) is 1.20. The van der Waals surface area contributed by atoms with Gasteiger partial charge in [-0.25, -0.2) is 4.98 Å². The first-order chi connectivity index (χ1) is 8.30. The molecule has 0 aromatic carbocycles. The first-order valence-electron chi connectivity index (χ1n) is 5.00. The van der Waals surface area contributed by atoms with E-state index in [1.165, 1.54) is 12.1 Å². The Kier molecular flexibility index (Phi) is 4.94. The number of alkyl halides is 3. The van der Waals surface area contributed by atoms with Gasteiger partial charge in [0.2, 0.25) is 0 Å². The molecular weight excluding hydrogens is 317 g/mol. The van der Waals surface area contributed by atoms with Crippen LogP contribution in [-0.4, -0.2) is 22.6 Å². The molecule has 1 heterocycles. The van der Waals surface area contributed by atoms with E-state index in [0.29, 0.717) is 6.42 Å². The zero-order valence-electron chi connectivity index (χ0n) is 9.09. The van der Waals surface area contributed by atoms with Crippen molar-refractivity contribution in [3.63, 3.8) is 0 Å². The Morgan fingerprint density at radius 2 is 2.11 bits per heavy atom. The number of halogens is 4. The molecule has 8 heteroatoms. The van der Waals surface area contributed by atoms with E-state index in [0.717, 1.165) is 0 Å². The van der Waals surface area contributed by atoms with Crippen molar-refractivity contribution < 1.29 is 23.1 Å². The van der Waals surface area contributed by atoms with Crippen molar-refractivity contribution in [1.82, 2.24) is 4.98 Å². The summed E-state index contributed by atoms with van der Waals surface area (Å²) in [6.07, 6.45) is -4.26. The van der Waals surface area contributed by atoms with Gasteiger partial charge in [0.15, 0.2) is 5.69 Å². The summed E-state index contributed by atoms with van der Waals surface area (Å²) < 4.78 is 37.4. The molecular formula is C10H10BrF3N2O2. The first-order valence-corrected chi connectivity index (χ1v) is 5.79. The van der Waals surface area contributed by atoms with Gasteiger partial charge in [-0.05, 0) is 34.5 Å². The number of carbonyl (C=O) groups is 1. The summed E-state index contributed by atoms with van der Waals surface area (Å²) in [5.41, 5.74) is -1.01. The van der Waals surface area contributed by atoms with Gasteiger partial charge >= 0.3 is 12.1 Å². The van der Waals surface area contributed by atoms with Crippen molar-refractivity contribution in [2.24, 2.45) is 0 Å². The second-order valence-corrected chi connectivity index (χ2v) is 4.30. The van der Waals surface area contributed by atoms with Crippen LogP contribution in [0, 0.1) is 0 Å². The number of nitrogens with zero attached hydrogens (tertiary/aromatic N) is 1. The fourth-order valence-corrected chi connectivity index (χ4v) is 1.64. The molecule has 0 radical (unpaired) electrons. The van der Waals surface area contributed by atoms with Gasteiger partial charge in [0, 0.05) is 17.4 Å². The monoisotopic (exact) mass is 326 g/mol. The normalized spacial score (nSPS) is 11.3. The molecule has 0 aliphatic carbocycles. The van der Waals surface area contributed by atoms with Gasteiger partial charge in [0.1, 0.15) is 5.82 Å². The maximum atomic E-state index is 12.5. The topological polar surface area (TPSA) is 62.2 Å². The number of hydrogen-bond donors (Lipinski definition) is 2. The highest BCUT2D eigenvalue weighted by Crippen LogP contribution is 2.33. The van der Waals surface area contributed by atoms with Gasteiger partial charge in [-0.3, -0.25) is 4.79 Å². The van der Waals surface area contributed by atoms with Gasteiger partial charge in [-0.15, -0.1) is 0 Å². The molecule has 4 nitrogen and oxygen atoms in total. The third-order valence-corrected chi connectivity index (χ3v) is 2.63. The van der Waals surface area contributed by atoms with E-state index in [4.69, 9.17) is 5.11 Å². The third-order valence-electron chi connectivity index (χ3n) is 1.99. The molecule has 0 bridgehead atoms. The van der Waals surface area contributed by atoms with Crippen molar-refractivity contribution in [3.05, 3.63) is 22.3 Å². The molecule has 0 saturated carbocycles. The van der Waals surface area contributed by atoms with Crippen LogP contribution in [0.3, 0.4) is 0 Å². The lowest BCUT2D eigenvalue weighted by Crippen LogP contribution is -2.12. The van der Waals surface area contributed by atoms with Crippen LogP contribution in [0.4, 0.5) is 19.0 Å². The van der Waals surface area contributed by atoms with Crippen molar-refractivity contribution in [3.8, 4) is 0 Å². The minimum Gasteiger partial charge on any atom is -0.481 e. The molecule has 0 saturated heterocycles. The largest absolute Gasteiger partial charge is 0.481 e. The summed E-state index contributed by atoms with van der Waals surface area (Å²) in [5, 5.41) is 11.0. The van der Waals surface area contributed by atoms with Crippen LogP contribution in [0.15, 0.2) is 16.6 Å². The quantitative estimate of drug-likeness (QED) is 0.816. The molecule has 0 atom stereocenters. The van der Waals surface area contributed by atoms with Crippen molar-refractivity contribution in [2.75, 3.05) is 11.9 Å². The van der Waals surface area contributed by atoms with E-state index in [1.54, 1.807) is 0 Å². The van der Waals surface area contributed by atoms with Crippen molar-refractivity contribution >= 4 is 27.7 Å². The molecule has 0 aliphatic heterocycles. The number of nitrogens with one attached hydrogen (secondary N) is 1. The summed E-state index contributed by atoms with van der Waals surface area (Å²) >= 11 is 2.78. The molecule has 2 N–H and O–H groups in total. The zero-order chi connectivity index (χ0) is 13.8. The molecule has 1 rings (SSSR count). The molecule has 0 amide bonds. The van der Waals surface area contributed by atoms with Crippen LogP contribution >= 0.6 is 15.9 Å². The molecule has 0 spiro atoms. The molecule has 1 aromatic rings. The summed E-state index contributed by atoms with van der Waals surface area (Å²) in [4.78, 5) is 13.7. The van der Waals surface area contributed by atoms with Crippen LogP contribution < -0.4 is 5.32 Å². The van der Waals surface area contributed by atoms with Gasteiger partial charge in [0.25, 0.3) is 0 Å². The molecule has 18 heavy (non-hydrogen) atoms. The molecule has 0 aliphatic rings. The van der Waals surface area contributed by atoms with Gasteiger partial charge in [-0.2, -0.15) is 13.2 Å². The standard InChI is InChI=1S/C10H10BrF3N2O2/c11-6-3-4-7(15-5-1-2-8(17)18)16-9(6)10(12,13)14/h3-4H,1-2,5H2,(H,15,16)(H,17,18). The van der Waals surface area contributed by atoms with E-state index >= 15 is 0 Å². The van der Waals surface area contributed by atoms with Crippen molar-refractivity contribution in [2.45, 2.75) is 19.0 Å². The number of hydrogen-bond acceptors (Lipinski definition) is 3. The maximum Gasteiger partial charge on any atom is 0.434 e. The molecule has 1 aromatic heterocycles. The van der Waals surface area contributed by atoms with Gasteiger partial charge in [0.05, 0.1) is 0 Å². The summed E-state index contributed by atoms with van der Waals surface area (Å²) in [5.74, 6) is -0.882. The highest BCUT2D eigenvalue weighted by atomic mass is 79.9. The van der Waals surface area contributed by atoms with E-state index in [-0.39, 0.29) is 23.3 Å². The highest BCUT2D eigenvalue weighted by molar-refractivity contribution is 9.10. The summed E-state index contributed by atoms with van der Waals surface area (Å²) in [6, 6.07) is 2.63. The molecule has 100 valence electrons. The highest BCUT2D eigenvalue weighted by Gasteiger charge is 2.35. The smallest absolute Gasteiger partial charge is 0.434 e. The lowest BCUT2D eigenvalue weighted by Gasteiger charge is -2.11. The number of aliphatic carboxylic acids is 1. The Balaban J connectivity index is 2.65. The van der Waals surface area contributed by atoms with Gasteiger partial charge < -0.3 is 10.4 Å². The number of pyridine rings is 1. The Bertz CT molecular complexity index is 438. The second-order valence-electron chi connectivity index (χ2n) is 3.45. The van der Waals surface area contributed by atoms with E-state index in [9.17, 15) is 18.0 Å². The van der Waals surface area contributed by atoms with E-state index < -0.39 is 17.8 Å². The maximum absolute atomic E-state index is 12.5.